The molecule has 33 heavy (non-hydrogen) atoms. The first kappa shape index (κ1) is 23.0. The zero-order valence-corrected chi connectivity index (χ0v) is 18.1. The third-order valence-electron chi connectivity index (χ3n) is 4.53. The Morgan fingerprint density at radius 2 is 1.27 bits per heavy atom. The maximum Gasteiger partial charge on any atom is 0.449 e. The van der Waals surface area contributed by atoms with Crippen molar-refractivity contribution in [2.75, 3.05) is 0 Å². The highest BCUT2D eigenvalue weighted by Gasteiger charge is 2.37. The smallest absolute Gasteiger partial charge is 0.221 e. The molecular weight excluding hydrogens is 483 g/mol. The van der Waals surface area contributed by atoms with E-state index in [1.54, 1.807) is 6.07 Å². The second-order valence-electron chi connectivity index (χ2n) is 6.74. The predicted molar refractivity (Wildman–Crippen MR) is 114 cm³/mol. The summed E-state index contributed by atoms with van der Waals surface area (Å²) >= 11 is -0.696. The molecule has 11 heteroatoms. The molecule has 0 unspecified atom stereocenters. The zero-order valence-electron chi connectivity index (χ0n) is 16.4. The molecule has 0 atom stereocenters. The molecule has 0 bridgehead atoms. The largest absolute Gasteiger partial charge is 0.449 e. The highest BCUT2D eigenvalue weighted by Crippen LogP contribution is 2.43. The van der Waals surface area contributed by atoms with E-state index < -0.39 is 44.1 Å². The molecule has 170 valence electrons. The summed E-state index contributed by atoms with van der Waals surface area (Å²) in [4.78, 5) is 3.73. The molecule has 1 aromatic heterocycles. The van der Waals surface area contributed by atoms with E-state index in [4.69, 9.17) is 0 Å². The van der Waals surface area contributed by atoms with Gasteiger partial charge in [-0.05, 0) is 60.7 Å². The normalized spacial score (nSPS) is 12.2. The van der Waals surface area contributed by atoms with Crippen LogP contribution in [0.1, 0.15) is 0 Å². The second kappa shape index (κ2) is 8.64. The van der Waals surface area contributed by atoms with Crippen molar-refractivity contribution in [1.29, 1.82) is 0 Å². The van der Waals surface area contributed by atoms with E-state index in [-0.39, 0.29) is 27.4 Å². The van der Waals surface area contributed by atoms with Gasteiger partial charge in [0.25, 0.3) is 10.0 Å². The van der Waals surface area contributed by atoms with Crippen LogP contribution in [0.25, 0.3) is 22.5 Å². The lowest BCUT2D eigenvalue weighted by molar-refractivity contribution is -0.0331. The average Bonchev–Trinajstić information content (AvgIpc) is 3.13. The van der Waals surface area contributed by atoms with E-state index in [9.17, 15) is 30.4 Å². The highest BCUT2D eigenvalue weighted by atomic mass is 32.2. The number of benzene rings is 3. The Labute approximate surface area is 189 Å². The van der Waals surface area contributed by atoms with Gasteiger partial charge in [0.05, 0.1) is 16.3 Å². The average molecular weight is 496 g/mol. The molecule has 4 nitrogen and oxygen atoms in total. The summed E-state index contributed by atoms with van der Waals surface area (Å²) in [5.74, 6) is -1.22. The van der Waals surface area contributed by atoms with Gasteiger partial charge in [0.1, 0.15) is 11.6 Å². The Morgan fingerprint density at radius 1 is 0.758 bits per heavy atom. The van der Waals surface area contributed by atoms with E-state index in [1.807, 2.05) is 0 Å². The summed E-state index contributed by atoms with van der Waals surface area (Å²) in [6.45, 7) is 0. The first-order chi connectivity index (χ1) is 15.6. The summed E-state index contributed by atoms with van der Waals surface area (Å²) < 4.78 is 94.7. The molecule has 0 aliphatic rings. The Morgan fingerprint density at radius 3 is 1.79 bits per heavy atom. The fraction of sp³-hybridized carbons (Fsp3) is 0.0455. The molecule has 4 rings (SSSR count). The van der Waals surface area contributed by atoms with Crippen LogP contribution in [0.3, 0.4) is 0 Å². The second-order valence-corrected chi connectivity index (χ2v) is 9.55. The minimum atomic E-state index is -4.85. The van der Waals surface area contributed by atoms with Crippen LogP contribution in [0.2, 0.25) is 0 Å². The third-order valence-corrected chi connectivity index (χ3v) is 7.04. The minimum Gasteiger partial charge on any atom is -0.221 e. The molecule has 0 spiro atoms. The fourth-order valence-corrected chi connectivity index (χ4v) is 5.46. The number of thioether (sulfide) groups is 1. The van der Waals surface area contributed by atoms with Gasteiger partial charge in [-0.2, -0.15) is 13.2 Å². The van der Waals surface area contributed by atoms with Crippen molar-refractivity contribution in [1.82, 2.24) is 8.96 Å². The van der Waals surface area contributed by atoms with E-state index in [1.165, 1.54) is 48.5 Å². The third kappa shape index (κ3) is 4.79. The number of aromatic nitrogens is 2. The van der Waals surface area contributed by atoms with Crippen molar-refractivity contribution < 1.29 is 30.4 Å². The van der Waals surface area contributed by atoms with Crippen molar-refractivity contribution in [2.45, 2.75) is 15.6 Å². The van der Waals surface area contributed by atoms with Gasteiger partial charge in [-0.25, -0.2) is 26.2 Å². The molecule has 0 aliphatic carbocycles. The number of hydrogen-bond donors (Lipinski definition) is 0. The Kier molecular flexibility index (Phi) is 6.02. The lowest BCUT2D eigenvalue weighted by atomic mass is 10.1. The predicted octanol–water partition coefficient (Wildman–Crippen LogP) is 6.34. The van der Waals surface area contributed by atoms with Gasteiger partial charge < -0.3 is 0 Å². The summed E-state index contributed by atoms with van der Waals surface area (Å²) in [5, 5.41) is -0.856. The first-order valence-electron chi connectivity index (χ1n) is 9.27. The molecule has 0 aliphatic heterocycles. The first-order valence-corrected chi connectivity index (χ1v) is 11.5. The van der Waals surface area contributed by atoms with Gasteiger partial charge in [0.2, 0.25) is 0 Å². The maximum absolute atomic E-state index is 13.6. The molecule has 0 amide bonds. The Hall–Kier alpha value is -3.18. The molecule has 3 aromatic carbocycles. The van der Waals surface area contributed by atoms with Crippen LogP contribution >= 0.6 is 11.8 Å². The number of imidazole rings is 1. The molecule has 0 N–H and O–H groups in total. The Balaban J connectivity index is 2.09. The van der Waals surface area contributed by atoms with Gasteiger partial charge in [-0.15, -0.1) is 0 Å². The summed E-state index contributed by atoms with van der Waals surface area (Å²) in [6, 6.07) is 16.2. The SMILES string of the molecule is O=S(=O)(c1ccccc1)n1c(SC(F)(F)F)nc(-c2ccc(F)cc2)c1-c1ccc(F)cc1. The maximum atomic E-state index is 13.6. The highest BCUT2D eigenvalue weighted by molar-refractivity contribution is 8.00. The summed E-state index contributed by atoms with van der Waals surface area (Å²) in [6.07, 6.45) is 0. The summed E-state index contributed by atoms with van der Waals surface area (Å²) in [7, 11) is -4.56. The quantitative estimate of drug-likeness (QED) is 0.239. The van der Waals surface area contributed by atoms with Crippen molar-refractivity contribution >= 4 is 21.8 Å². The van der Waals surface area contributed by atoms with Crippen LogP contribution in [0.4, 0.5) is 22.0 Å². The van der Waals surface area contributed by atoms with E-state index in [2.05, 4.69) is 4.98 Å². The van der Waals surface area contributed by atoms with Crippen molar-refractivity contribution in [3.63, 3.8) is 0 Å². The number of halogens is 5. The molecule has 1 heterocycles. The van der Waals surface area contributed by atoms with Gasteiger partial charge in [-0.3, -0.25) is 0 Å². The number of nitrogens with zero attached hydrogens (tertiary/aromatic N) is 2. The van der Waals surface area contributed by atoms with Crippen LogP contribution in [0.5, 0.6) is 0 Å². The molecule has 0 fully saturated rings. The Bertz CT molecular complexity index is 1380. The van der Waals surface area contributed by atoms with E-state index >= 15 is 0 Å². The monoisotopic (exact) mass is 496 g/mol. The topological polar surface area (TPSA) is 52.0 Å². The lowest BCUT2D eigenvalue weighted by Crippen LogP contribution is -2.17. The standard InChI is InChI=1S/C22H13F5N2O2S2/c23-16-10-6-14(7-11-16)19-20(15-8-12-17(24)13-9-15)29(21(28-19)32-22(25,26)27)33(30,31)18-4-2-1-3-5-18/h1-13H. The minimum absolute atomic E-state index is 0.108. The molecular formula is C22H13F5N2O2S2. The molecule has 0 saturated carbocycles. The molecule has 0 saturated heterocycles. The van der Waals surface area contributed by atoms with Gasteiger partial charge in [0, 0.05) is 22.9 Å². The van der Waals surface area contributed by atoms with Crippen LogP contribution in [0, 0.1) is 11.6 Å². The lowest BCUT2D eigenvalue weighted by Gasteiger charge is -2.14. The van der Waals surface area contributed by atoms with E-state index in [0.29, 0.717) is 3.97 Å². The number of alkyl halides is 3. The van der Waals surface area contributed by atoms with Gasteiger partial charge in [0.15, 0.2) is 5.16 Å². The van der Waals surface area contributed by atoms with Crippen molar-refractivity contribution in [3.8, 4) is 22.5 Å². The fourth-order valence-electron chi connectivity index (χ4n) is 3.15. The molecule has 4 aromatic rings. The number of rotatable bonds is 5. The van der Waals surface area contributed by atoms with Gasteiger partial charge in [-0.1, -0.05) is 18.2 Å². The van der Waals surface area contributed by atoms with Gasteiger partial charge >= 0.3 is 5.51 Å². The van der Waals surface area contributed by atoms with E-state index in [0.717, 1.165) is 24.3 Å². The van der Waals surface area contributed by atoms with Crippen LogP contribution < -0.4 is 0 Å². The summed E-state index contributed by atoms with van der Waals surface area (Å²) in [5.41, 5.74) is -4.90. The molecule has 0 radical (unpaired) electrons. The van der Waals surface area contributed by atoms with Crippen LogP contribution in [-0.2, 0) is 10.0 Å². The van der Waals surface area contributed by atoms with Crippen LogP contribution in [-0.4, -0.2) is 22.9 Å². The zero-order chi connectivity index (χ0) is 23.8. The van der Waals surface area contributed by atoms with Crippen LogP contribution in [0.15, 0.2) is 88.9 Å². The van der Waals surface area contributed by atoms with Crippen molar-refractivity contribution in [2.24, 2.45) is 0 Å². The number of hydrogen-bond acceptors (Lipinski definition) is 4. The van der Waals surface area contributed by atoms with Crippen molar-refractivity contribution in [3.05, 3.63) is 90.5 Å².